The van der Waals surface area contributed by atoms with Gasteiger partial charge in [-0.05, 0) is 45.2 Å². The van der Waals surface area contributed by atoms with Crippen LogP contribution in [0.1, 0.15) is 157 Å². The summed E-state index contributed by atoms with van der Waals surface area (Å²) in [7, 11) is 2.66. The standard InChI is InChI=1S/C32H37NO12.C27H29NO11/c1-14-31(45-21-8-3-4-9-42-21)17(33)10-22(43-14)44-19-12-32(40,20(35)13-34)11-16-24(19)30(39)26-25(28(16)37)27(36)15-6-5-7-18(41-2)23(15)29(26)38;1-10-22(31)13(28)6-17(38-10)39-15-8-27(36,16(30)9-29)7-12-19(15)26(35)21-20(24(12)33)23(32)11-4-3-5-14(37-2)18(11)25(21)34/h5-7,14,17,19,21-22,31,34,37,39-40H,3-4,8-13,33H2,1-2H3;3-5,10,13,15,17,22,29,31,33,35-36H,6-9,28H2,1-2H3/t;10-,13?,15-,17+,22?,27-/m.0/s1. The predicted octanol–water partition coefficient (Wildman–Crippen LogP) is 1.55. The molecule has 11 rings (SSSR count). The fourth-order valence-corrected chi connectivity index (χ4v) is 12.7. The summed E-state index contributed by atoms with van der Waals surface area (Å²) < 4.78 is 46.5. The highest BCUT2D eigenvalue weighted by molar-refractivity contribution is 6.32. The highest BCUT2D eigenvalue weighted by atomic mass is 16.7. The lowest BCUT2D eigenvalue weighted by molar-refractivity contribution is -0.281. The molecule has 3 aliphatic heterocycles. The van der Waals surface area contributed by atoms with Crippen molar-refractivity contribution < 1.29 is 113 Å². The zero-order valence-electron chi connectivity index (χ0n) is 46.2. The Morgan fingerprint density at radius 3 is 1.44 bits per heavy atom. The van der Waals surface area contributed by atoms with Crippen molar-refractivity contribution >= 4 is 34.7 Å². The average molecular weight is 1170 g/mol. The lowest BCUT2D eigenvalue weighted by Crippen LogP contribution is -2.55. The summed E-state index contributed by atoms with van der Waals surface area (Å²) in [6, 6.07) is 7.49. The first-order valence-corrected chi connectivity index (χ1v) is 27.5. The number of carbonyl (C=O) groups is 6. The van der Waals surface area contributed by atoms with Gasteiger partial charge in [0.25, 0.3) is 0 Å². The number of phenolic OH excluding ortho intramolecular Hbond substituents is 4. The summed E-state index contributed by atoms with van der Waals surface area (Å²) in [5.41, 5.74) is 5.35. The molecule has 0 bridgehead atoms. The minimum absolute atomic E-state index is 0.0173. The number of carbonyl (C=O) groups excluding carboxylic acids is 6. The normalized spacial score (nSPS) is 30.5. The molecule has 13 N–H and O–H groups in total. The molecule has 0 saturated carbocycles. The molecule has 4 aromatic rings. The van der Waals surface area contributed by atoms with Crippen LogP contribution in [0.3, 0.4) is 0 Å². The van der Waals surface area contributed by atoms with E-state index < -0.39 is 198 Å². The molecule has 0 aromatic heterocycles. The average Bonchev–Trinajstić information content (AvgIpc) is 0.781. The van der Waals surface area contributed by atoms with Gasteiger partial charge in [0.05, 0.1) is 78.1 Å². The van der Waals surface area contributed by atoms with Gasteiger partial charge in [0.2, 0.25) is 11.6 Å². The molecule has 25 heteroatoms. The van der Waals surface area contributed by atoms with Gasteiger partial charge >= 0.3 is 0 Å². The van der Waals surface area contributed by atoms with E-state index in [2.05, 4.69) is 0 Å². The first-order chi connectivity index (χ1) is 39.9. The van der Waals surface area contributed by atoms with E-state index in [1.165, 1.54) is 50.6 Å². The third-order valence-electron chi connectivity index (χ3n) is 17.0. The minimum Gasteiger partial charge on any atom is -0.507 e. The number of Topliss-reactive ketones (excluding diaryl/α,β-unsaturated/α-hetero) is 2. The second kappa shape index (κ2) is 23.2. The van der Waals surface area contributed by atoms with Crippen molar-refractivity contribution in [1.82, 2.24) is 0 Å². The Balaban J connectivity index is 0.000000189. The highest BCUT2D eigenvalue weighted by Gasteiger charge is 2.53. The number of benzene rings is 4. The fraction of sp³-hybridized carbons (Fsp3) is 0.492. The van der Waals surface area contributed by atoms with E-state index in [-0.39, 0.29) is 68.8 Å². The van der Waals surface area contributed by atoms with Crippen molar-refractivity contribution in [2.45, 2.75) is 150 Å². The molecule has 0 amide bonds. The third kappa shape index (κ3) is 10.2. The van der Waals surface area contributed by atoms with Gasteiger partial charge in [0.15, 0.2) is 42.0 Å². The smallest absolute Gasteiger partial charge is 0.202 e. The molecular formula is C59H66N2O23. The first kappa shape index (κ1) is 60.3. The van der Waals surface area contributed by atoms with Gasteiger partial charge in [-0.1, -0.05) is 24.3 Å². The zero-order chi connectivity index (χ0) is 60.6. The second-order valence-corrected chi connectivity index (χ2v) is 22.2. The largest absolute Gasteiger partial charge is 0.507 e. The van der Waals surface area contributed by atoms with Crippen LogP contribution in [0, 0.1) is 0 Å². The number of aliphatic hydroxyl groups is 5. The maximum absolute atomic E-state index is 13.8. The van der Waals surface area contributed by atoms with E-state index in [0.29, 0.717) is 6.61 Å². The summed E-state index contributed by atoms with van der Waals surface area (Å²) in [5.74, 6) is -7.45. The van der Waals surface area contributed by atoms with Crippen molar-refractivity contribution in [3.05, 3.63) is 103 Å². The molecule has 0 spiro atoms. The number of phenols is 4. The predicted molar refractivity (Wildman–Crippen MR) is 286 cm³/mol. The van der Waals surface area contributed by atoms with Gasteiger partial charge in [0, 0.05) is 90.6 Å². The van der Waals surface area contributed by atoms with Crippen LogP contribution in [-0.4, -0.2) is 181 Å². The Kier molecular flexibility index (Phi) is 16.7. The van der Waals surface area contributed by atoms with E-state index in [4.69, 9.17) is 49.4 Å². The van der Waals surface area contributed by atoms with Crippen LogP contribution in [0.5, 0.6) is 34.5 Å². The van der Waals surface area contributed by atoms with E-state index >= 15 is 0 Å². The maximum Gasteiger partial charge on any atom is 0.202 e. The van der Waals surface area contributed by atoms with Crippen molar-refractivity contribution in [2.75, 3.05) is 34.0 Å². The van der Waals surface area contributed by atoms with Gasteiger partial charge in [-0.3, -0.25) is 28.8 Å². The lowest BCUT2D eigenvalue weighted by atomic mass is 9.72. The van der Waals surface area contributed by atoms with E-state index in [1.807, 2.05) is 0 Å². The fourth-order valence-electron chi connectivity index (χ4n) is 12.7. The number of methoxy groups -OCH3 is 2. The topological polar surface area (TPSA) is 410 Å². The van der Waals surface area contributed by atoms with Gasteiger partial charge in [0.1, 0.15) is 65.0 Å². The monoisotopic (exact) mass is 1170 g/mol. The molecule has 13 atom stereocenters. The van der Waals surface area contributed by atoms with Gasteiger partial charge in [-0.15, -0.1) is 0 Å². The van der Waals surface area contributed by atoms with Crippen LogP contribution in [0.4, 0.5) is 0 Å². The Hall–Kier alpha value is -6.82. The number of fused-ring (bicyclic) bond motifs is 6. The summed E-state index contributed by atoms with van der Waals surface area (Å²) in [4.78, 5) is 80.0. The SMILES string of the molecule is COc1cccc2c1C(=O)c1c(O)c3c(c(O)c1C2=O)CC(O)(C(=O)CO)CC3OC1CC(N)C(OC2CCCCO2)C(C)O1.COc1cccc2c1C(=O)c1c(O)c3c(c(O)c1C2=O)C[C@@](O)(C(=O)CO)C[C@@H]3O[C@@H]1CC(N)C(O)[C@H](C)O1. The Morgan fingerprint density at radius 1 is 0.595 bits per heavy atom. The van der Waals surface area contributed by atoms with Crippen molar-refractivity contribution in [1.29, 1.82) is 0 Å². The molecule has 3 saturated heterocycles. The zero-order valence-corrected chi connectivity index (χ0v) is 46.2. The van der Waals surface area contributed by atoms with Crippen molar-refractivity contribution in [2.24, 2.45) is 11.5 Å². The van der Waals surface area contributed by atoms with Crippen molar-refractivity contribution in [3.63, 3.8) is 0 Å². The van der Waals surface area contributed by atoms with E-state index in [9.17, 15) is 74.7 Å². The lowest BCUT2D eigenvalue weighted by Gasteiger charge is -2.43. The number of ketones is 6. The summed E-state index contributed by atoms with van der Waals surface area (Å²) >= 11 is 0. The van der Waals surface area contributed by atoms with E-state index in [0.717, 1.165) is 19.3 Å². The molecule has 3 heterocycles. The van der Waals surface area contributed by atoms with Gasteiger partial charge < -0.3 is 95.3 Å². The maximum atomic E-state index is 13.8. The van der Waals surface area contributed by atoms with Gasteiger partial charge in [-0.25, -0.2) is 0 Å². The van der Waals surface area contributed by atoms with Crippen LogP contribution in [-0.2, 0) is 50.9 Å². The van der Waals surface area contributed by atoms with Crippen LogP contribution in [0.2, 0.25) is 0 Å². The van der Waals surface area contributed by atoms with Crippen LogP contribution in [0.25, 0.3) is 0 Å². The molecule has 3 fully saturated rings. The molecule has 4 aromatic carbocycles. The Morgan fingerprint density at radius 2 is 1.04 bits per heavy atom. The van der Waals surface area contributed by atoms with Gasteiger partial charge in [-0.2, -0.15) is 0 Å². The summed E-state index contributed by atoms with van der Waals surface area (Å²) in [5, 5.41) is 97.9. The molecule has 9 unspecified atom stereocenters. The molecule has 84 heavy (non-hydrogen) atoms. The van der Waals surface area contributed by atoms with Crippen molar-refractivity contribution in [3.8, 4) is 34.5 Å². The van der Waals surface area contributed by atoms with E-state index in [1.54, 1.807) is 13.8 Å². The number of aromatic hydroxyl groups is 4. The highest BCUT2D eigenvalue weighted by Crippen LogP contribution is 2.55. The number of hydrogen-bond donors (Lipinski definition) is 11. The Bertz CT molecular complexity index is 3330. The van der Waals surface area contributed by atoms with Crippen LogP contribution in [0.15, 0.2) is 36.4 Å². The first-order valence-electron chi connectivity index (χ1n) is 27.5. The molecule has 450 valence electrons. The number of ether oxygens (including phenoxy) is 8. The molecule has 0 radical (unpaired) electrons. The minimum atomic E-state index is -2.24. The summed E-state index contributed by atoms with van der Waals surface area (Å²) in [6.07, 6.45) is -7.16. The molecular weight excluding hydrogens is 1100 g/mol. The number of rotatable bonds is 12. The number of nitrogens with two attached hydrogens (primary N) is 2. The summed E-state index contributed by atoms with van der Waals surface area (Å²) in [6.45, 7) is 1.91. The quantitative estimate of drug-likeness (QED) is 0.0774. The molecule has 4 aliphatic carbocycles. The molecule has 7 aliphatic rings. The molecule has 25 nitrogen and oxygen atoms in total. The number of aliphatic hydroxyl groups excluding tert-OH is 3. The Labute approximate surface area is 479 Å². The van der Waals surface area contributed by atoms with Crippen LogP contribution < -0.4 is 20.9 Å². The van der Waals surface area contributed by atoms with Crippen LogP contribution >= 0.6 is 0 Å². The third-order valence-corrected chi connectivity index (χ3v) is 17.0. The second-order valence-electron chi connectivity index (χ2n) is 22.2. The number of hydrogen-bond acceptors (Lipinski definition) is 25.